The first-order valence-corrected chi connectivity index (χ1v) is 6.62. The van der Waals surface area contributed by atoms with Gasteiger partial charge < -0.3 is 15.2 Å². The third-order valence-electron chi connectivity index (χ3n) is 3.52. The molecule has 0 aliphatic rings. The summed E-state index contributed by atoms with van der Waals surface area (Å²) in [5.41, 5.74) is 10.6. The van der Waals surface area contributed by atoms with Crippen LogP contribution in [0.1, 0.15) is 28.3 Å². The van der Waals surface area contributed by atoms with Gasteiger partial charge in [0.2, 0.25) is 0 Å². The van der Waals surface area contributed by atoms with Crippen molar-refractivity contribution in [1.29, 1.82) is 0 Å². The topological polar surface area (TPSA) is 44.5 Å². The number of rotatable bonds is 4. The lowest BCUT2D eigenvalue weighted by atomic mass is 9.95. The van der Waals surface area contributed by atoms with Gasteiger partial charge in [-0.05, 0) is 36.6 Å². The summed E-state index contributed by atoms with van der Waals surface area (Å²) in [4.78, 5) is 0. The summed E-state index contributed by atoms with van der Waals surface area (Å²) in [6.07, 6.45) is 0. The zero-order valence-electron chi connectivity index (χ0n) is 12.4. The molecule has 2 aromatic carbocycles. The molecule has 0 saturated carbocycles. The van der Waals surface area contributed by atoms with E-state index in [0.717, 1.165) is 33.8 Å². The largest absolute Gasteiger partial charge is 0.496 e. The van der Waals surface area contributed by atoms with Crippen LogP contribution in [0.3, 0.4) is 0 Å². The first kappa shape index (κ1) is 14.4. The Hall–Kier alpha value is -2.00. The van der Waals surface area contributed by atoms with Gasteiger partial charge in [-0.1, -0.05) is 30.3 Å². The van der Waals surface area contributed by atoms with E-state index in [1.165, 1.54) is 0 Å². The summed E-state index contributed by atoms with van der Waals surface area (Å²) >= 11 is 0. The molecule has 0 radical (unpaired) electrons. The van der Waals surface area contributed by atoms with Gasteiger partial charge in [0.15, 0.2) is 0 Å². The standard InChI is InChI=1S/C17H21NO2/c1-11-9-13(10-12(2)17(11)20-4)16(18)14-7-5-6-8-15(14)19-3/h5-10,16H,18H2,1-4H3. The number of methoxy groups -OCH3 is 2. The van der Waals surface area contributed by atoms with Crippen LogP contribution in [0, 0.1) is 13.8 Å². The fourth-order valence-electron chi connectivity index (χ4n) is 2.59. The van der Waals surface area contributed by atoms with Crippen LogP contribution in [0.4, 0.5) is 0 Å². The Morgan fingerprint density at radius 2 is 1.55 bits per heavy atom. The van der Waals surface area contributed by atoms with Crippen molar-refractivity contribution in [3.8, 4) is 11.5 Å². The van der Waals surface area contributed by atoms with Crippen molar-refractivity contribution >= 4 is 0 Å². The highest BCUT2D eigenvalue weighted by Crippen LogP contribution is 2.32. The monoisotopic (exact) mass is 271 g/mol. The van der Waals surface area contributed by atoms with E-state index in [0.29, 0.717) is 0 Å². The number of hydrogen-bond acceptors (Lipinski definition) is 3. The molecule has 1 atom stereocenters. The second-order valence-electron chi connectivity index (χ2n) is 4.91. The third-order valence-corrected chi connectivity index (χ3v) is 3.52. The minimum atomic E-state index is -0.213. The second kappa shape index (κ2) is 5.97. The molecule has 0 aliphatic carbocycles. The van der Waals surface area contributed by atoms with Crippen LogP contribution >= 0.6 is 0 Å². The van der Waals surface area contributed by atoms with E-state index in [4.69, 9.17) is 15.2 Å². The summed E-state index contributed by atoms with van der Waals surface area (Å²) in [7, 11) is 3.35. The van der Waals surface area contributed by atoms with Crippen molar-refractivity contribution in [2.75, 3.05) is 14.2 Å². The highest BCUT2D eigenvalue weighted by molar-refractivity contribution is 5.48. The van der Waals surface area contributed by atoms with Crippen molar-refractivity contribution in [1.82, 2.24) is 0 Å². The van der Waals surface area contributed by atoms with Gasteiger partial charge in [0, 0.05) is 5.56 Å². The smallest absolute Gasteiger partial charge is 0.124 e. The minimum Gasteiger partial charge on any atom is -0.496 e. The first-order chi connectivity index (χ1) is 9.58. The average Bonchev–Trinajstić information content (AvgIpc) is 2.46. The lowest BCUT2D eigenvalue weighted by Gasteiger charge is -2.18. The lowest BCUT2D eigenvalue weighted by molar-refractivity contribution is 0.406. The molecular weight excluding hydrogens is 250 g/mol. The maximum atomic E-state index is 6.40. The van der Waals surface area contributed by atoms with E-state index in [1.54, 1.807) is 14.2 Å². The normalized spacial score (nSPS) is 12.1. The highest BCUT2D eigenvalue weighted by atomic mass is 16.5. The molecule has 0 aromatic heterocycles. The fraction of sp³-hybridized carbons (Fsp3) is 0.294. The molecule has 1 unspecified atom stereocenters. The number of hydrogen-bond donors (Lipinski definition) is 1. The van der Waals surface area contributed by atoms with Crippen molar-refractivity contribution in [2.45, 2.75) is 19.9 Å². The van der Waals surface area contributed by atoms with Gasteiger partial charge in [0.1, 0.15) is 11.5 Å². The van der Waals surface area contributed by atoms with Gasteiger partial charge >= 0.3 is 0 Å². The molecule has 0 heterocycles. The number of ether oxygens (including phenoxy) is 2. The van der Waals surface area contributed by atoms with E-state index in [-0.39, 0.29) is 6.04 Å². The Labute approximate surface area is 120 Å². The number of nitrogens with two attached hydrogens (primary N) is 1. The maximum Gasteiger partial charge on any atom is 0.124 e. The summed E-state index contributed by atoms with van der Waals surface area (Å²) in [6, 6.07) is 11.8. The second-order valence-corrected chi connectivity index (χ2v) is 4.91. The quantitative estimate of drug-likeness (QED) is 0.927. The van der Waals surface area contributed by atoms with Gasteiger partial charge in [-0.25, -0.2) is 0 Å². The van der Waals surface area contributed by atoms with E-state index >= 15 is 0 Å². The molecule has 2 aromatic rings. The van der Waals surface area contributed by atoms with Gasteiger partial charge in [0.25, 0.3) is 0 Å². The summed E-state index contributed by atoms with van der Waals surface area (Å²) in [6.45, 7) is 4.06. The Kier molecular flexibility index (Phi) is 4.30. The highest BCUT2D eigenvalue weighted by Gasteiger charge is 2.16. The van der Waals surface area contributed by atoms with Crippen molar-refractivity contribution in [3.05, 3.63) is 58.7 Å². The van der Waals surface area contributed by atoms with Crippen molar-refractivity contribution in [2.24, 2.45) is 5.73 Å². The van der Waals surface area contributed by atoms with E-state index < -0.39 is 0 Å². The summed E-state index contributed by atoms with van der Waals surface area (Å²) < 4.78 is 10.8. The third kappa shape index (κ3) is 2.63. The van der Waals surface area contributed by atoms with E-state index in [1.807, 2.05) is 38.1 Å². The first-order valence-electron chi connectivity index (χ1n) is 6.62. The van der Waals surface area contributed by atoms with Gasteiger partial charge in [-0.15, -0.1) is 0 Å². The lowest BCUT2D eigenvalue weighted by Crippen LogP contribution is -2.13. The summed E-state index contributed by atoms with van der Waals surface area (Å²) in [5, 5.41) is 0. The molecule has 0 bridgehead atoms. The number of benzene rings is 2. The Balaban J connectivity index is 2.46. The zero-order chi connectivity index (χ0) is 14.7. The molecule has 3 nitrogen and oxygen atoms in total. The van der Waals surface area contributed by atoms with Crippen LogP contribution in [-0.4, -0.2) is 14.2 Å². The van der Waals surface area contributed by atoms with Crippen LogP contribution in [0.2, 0.25) is 0 Å². The molecule has 20 heavy (non-hydrogen) atoms. The molecule has 2 N–H and O–H groups in total. The van der Waals surface area contributed by atoms with Crippen LogP contribution in [0.5, 0.6) is 11.5 Å². The van der Waals surface area contributed by atoms with Crippen LogP contribution in [0.15, 0.2) is 36.4 Å². The van der Waals surface area contributed by atoms with Crippen LogP contribution in [0.25, 0.3) is 0 Å². The Bertz CT molecular complexity index is 585. The van der Waals surface area contributed by atoms with Gasteiger partial charge in [-0.2, -0.15) is 0 Å². The maximum absolute atomic E-state index is 6.40. The van der Waals surface area contributed by atoms with E-state index in [2.05, 4.69) is 12.1 Å². The van der Waals surface area contributed by atoms with Gasteiger partial charge in [0.05, 0.1) is 20.3 Å². The number of para-hydroxylation sites is 1. The Morgan fingerprint density at radius 3 is 2.10 bits per heavy atom. The fourth-order valence-corrected chi connectivity index (χ4v) is 2.59. The molecule has 0 saturated heterocycles. The van der Waals surface area contributed by atoms with Crippen LogP contribution in [-0.2, 0) is 0 Å². The molecule has 3 heteroatoms. The van der Waals surface area contributed by atoms with E-state index in [9.17, 15) is 0 Å². The molecule has 0 amide bonds. The van der Waals surface area contributed by atoms with Crippen molar-refractivity contribution in [3.63, 3.8) is 0 Å². The predicted molar refractivity (Wildman–Crippen MR) is 81.5 cm³/mol. The van der Waals surface area contributed by atoms with Gasteiger partial charge in [-0.3, -0.25) is 0 Å². The van der Waals surface area contributed by atoms with Crippen LogP contribution < -0.4 is 15.2 Å². The molecular formula is C17H21NO2. The molecule has 0 spiro atoms. The zero-order valence-corrected chi connectivity index (χ0v) is 12.4. The Morgan fingerprint density at radius 1 is 0.950 bits per heavy atom. The van der Waals surface area contributed by atoms with Crippen molar-refractivity contribution < 1.29 is 9.47 Å². The molecule has 0 aliphatic heterocycles. The molecule has 106 valence electrons. The molecule has 2 rings (SSSR count). The average molecular weight is 271 g/mol. The SMILES string of the molecule is COc1ccccc1C(N)c1cc(C)c(OC)c(C)c1. The minimum absolute atomic E-state index is 0.213. The molecule has 0 fully saturated rings. The summed E-state index contributed by atoms with van der Waals surface area (Å²) in [5.74, 6) is 1.73. The predicted octanol–water partition coefficient (Wildman–Crippen LogP) is 3.37. The number of aryl methyl sites for hydroxylation is 2.